The normalized spacial score (nSPS) is 16.0. The minimum atomic E-state index is 0. The molecule has 0 unspecified atom stereocenters. The Morgan fingerprint density at radius 3 is 2.78 bits per heavy atom. The van der Waals surface area contributed by atoms with Crippen LogP contribution in [0, 0.1) is 0 Å². The van der Waals surface area contributed by atoms with Gasteiger partial charge in [0.15, 0.2) is 5.96 Å². The molecule has 132 valence electrons. The number of ether oxygens (including phenoxy) is 1. The second kappa shape index (κ2) is 12.5. The number of guanidine groups is 1. The molecule has 1 aliphatic heterocycles. The molecule has 5 nitrogen and oxygen atoms in total. The smallest absolute Gasteiger partial charge is 0.191 e. The van der Waals surface area contributed by atoms with Crippen LogP contribution >= 0.6 is 51.2 Å². The van der Waals surface area contributed by atoms with Crippen molar-refractivity contribution in [1.82, 2.24) is 15.5 Å². The van der Waals surface area contributed by atoms with Crippen LogP contribution in [-0.4, -0.2) is 56.8 Å². The molecule has 1 fully saturated rings. The second-order valence-corrected chi connectivity index (χ2v) is 7.68. The predicted octanol–water partition coefficient (Wildman–Crippen LogP) is 2.91. The third-order valence-corrected chi connectivity index (χ3v) is 5.02. The van der Waals surface area contributed by atoms with Gasteiger partial charge in [0.05, 0.1) is 23.5 Å². The maximum absolute atomic E-state index is 5.36. The molecule has 0 radical (unpaired) electrons. The van der Waals surface area contributed by atoms with E-state index in [9.17, 15) is 0 Å². The Labute approximate surface area is 168 Å². The number of nitrogens with zero attached hydrogens (tertiary/aromatic N) is 2. The Morgan fingerprint density at radius 1 is 1.35 bits per heavy atom. The average Bonchev–Trinajstić information content (AvgIpc) is 2.95. The van der Waals surface area contributed by atoms with Gasteiger partial charge in [-0.05, 0) is 48.0 Å². The van der Waals surface area contributed by atoms with Crippen LogP contribution in [0.1, 0.15) is 18.2 Å². The lowest BCUT2D eigenvalue weighted by molar-refractivity contribution is 0.0376. The molecule has 0 bridgehead atoms. The lowest BCUT2D eigenvalue weighted by atomic mass is 10.3. The van der Waals surface area contributed by atoms with Gasteiger partial charge in [0.2, 0.25) is 0 Å². The zero-order valence-electron chi connectivity index (χ0n) is 13.5. The lowest BCUT2D eigenvalue weighted by Crippen LogP contribution is -2.40. The summed E-state index contributed by atoms with van der Waals surface area (Å²) in [7, 11) is 0. The standard InChI is InChI=1S/C15H25BrN4OS.HI/c1-2-17-15(19-12-13-4-5-14(16)22-13)18-6-3-7-20-8-10-21-11-9-20;/h4-5H,2-3,6-12H2,1H3,(H2,17,18,19);1H. The van der Waals surface area contributed by atoms with Crippen molar-refractivity contribution in [2.75, 3.05) is 45.9 Å². The van der Waals surface area contributed by atoms with E-state index < -0.39 is 0 Å². The van der Waals surface area contributed by atoms with E-state index in [2.05, 4.69) is 55.5 Å². The van der Waals surface area contributed by atoms with Gasteiger partial charge < -0.3 is 15.4 Å². The number of rotatable bonds is 7. The van der Waals surface area contributed by atoms with Crippen LogP contribution < -0.4 is 10.6 Å². The maximum atomic E-state index is 5.36. The summed E-state index contributed by atoms with van der Waals surface area (Å²) in [6.45, 7) is 9.60. The van der Waals surface area contributed by atoms with Crippen molar-refractivity contribution >= 4 is 57.2 Å². The Morgan fingerprint density at radius 2 is 2.13 bits per heavy atom. The highest BCUT2D eigenvalue weighted by atomic mass is 127. The van der Waals surface area contributed by atoms with Crippen molar-refractivity contribution in [3.63, 3.8) is 0 Å². The van der Waals surface area contributed by atoms with Crippen LogP contribution in [0.2, 0.25) is 0 Å². The summed E-state index contributed by atoms with van der Waals surface area (Å²) in [6.07, 6.45) is 1.12. The molecule has 0 spiro atoms. The highest BCUT2D eigenvalue weighted by molar-refractivity contribution is 14.0. The van der Waals surface area contributed by atoms with E-state index in [0.717, 1.165) is 68.6 Å². The number of thiophene rings is 1. The quantitative estimate of drug-likeness (QED) is 0.253. The van der Waals surface area contributed by atoms with Gasteiger partial charge in [-0.2, -0.15) is 0 Å². The third-order valence-electron chi connectivity index (χ3n) is 3.41. The molecule has 0 atom stereocenters. The van der Waals surface area contributed by atoms with Crippen molar-refractivity contribution in [3.8, 4) is 0 Å². The summed E-state index contributed by atoms with van der Waals surface area (Å²) < 4.78 is 6.52. The van der Waals surface area contributed by atoms with Crippen molar-refractivity contribution < 1.29 is 4.74 Å². The highest BCUT2D eigenvalue weighted by Crippen LogP contribution is 2.22. The number of halogens is 2. The van der Waals surface area contributed by atoms with Gasteiger partial charge in [-0.25, -0.2) is 4.99 Å². The monoisotopic (exact) mass is 516 g/mol. The van der Waals surface area contributed by atoms with Crippen LogP contribution in [0.5, 0.6) is 0 Å². The number of aliphatic imine (C=N–C) groups is 1. The first-order valence-corrected chi connectivity index (χ1v) is 9.45. The van der Waals surface area contributed by atoms with Crippen LogP contribution in [0.4, 0.5) is 0 Å². The van der Waals surface area contributed by atoms with E-state index in [1.807, 2.05) is 0 Å². The molecule has 8 heteroatoms. The van der Waals surface area contributed by atoms with Crippen LogP contribution in [-0.2, 0) is 11.3 Å². The van der Waals surface area contributed by atoms with E-state index in [1.54, 1.807) is 11.3 Å². The van der Waals surface area contributed by atoms with Gasteiger partial charge in [-0.1, -0.05) is 0 Å². The lowest BCUT2D eigenvalue weighted by Gasteiger charge is -2.26. The minimum absolute atomic E-state index is 0. The van der Waals surface area contributed by atoms with Gasteiger partial charge in [0.1, 0.15) is 0 Å². The van der Waals surface area contributed by atoms with E-state index >= 15 is 0 Å². The zero-order valence-corrected chi connectivity index (χ0v) is 18.2. The SMILES string of the molecule is CCNC(=NCc1ccc(Br)s1)NCCCN1CCOCC1.I. The number of hydrogen-bond acceptors (Lipinski definition) is 4. The molecule has 2 rings (SSSR count). The highest BCUT2D eigenvalue weighted by Gasteiger charge is 2.09. The molecular formula is C15H26BrIN4OS. The van der Waals surface area contributed by atoms with E-state index in [-0.39, 0.29) is 24.0 Å². The molecule has 1 aromatic heterocycles. The fourth-order valence-electron chi connectivity index (χ4n) is 2.27. The molecule has 0 amide bonds. The number of nitrogens with one attached hydrogen (secondary N) is 2. The number of morpholine rings is 1. The fraction of sp³-hybridized carbons (Fsp3) is 0.667. The molecule has 0 saturated carbocycles. The van der Waals surface area contributed by atoms with Crippen LogP contribution in [0.25, 0.3) is 0 Å². The van der Waals surface area contributed by atoms with Crippen LogP contribution in [0.15, 0.2) is 20.9 Å². The zero-order chi connectivity index (χ0) is 15.6. The van der Waals surface area contributed by atoms with Crippen LogP contribution in [0.3, 0.4) is 0 Å². The molecular weight excluding hydrogens is 491 g/mol. The van der Waals surface area contributed by atoms with E-state index in [4.69, 9.17) is 4.74 Å². The minimum Gasteiger partial charge on any atom is -0.379 e. The summed E-state index contributed by atoms with van der Waals surface area (Å²) in [6, 6.07) is 4.18. The topological polar surface area (TPSA) is 48.9 Å². The molecule has 0 aliphatic carbocycles. The summed E-state index contributed by atoms with van der Waals surface area (Å²) in [5.74, 6) is 0.897. The first-order valence-electron chi connectivity index (χ1n) is 7.84. The molecule has 0 aromatic carbocycles. The van der Waals surface area contributed by atoms with Crippen molar-refractivity contribution in [2.45, 2.75) is 19.9 Å². The predicted molar refractivity (Wildman–Crippen MR) is 112 cm³/mol. The molecule has 2 N–H and O–H groups in total. The Balaban J connectivity index is 0.00000264. The van der Waals surface area contributed by atoms with Gasteiger partial charge in [0.25, 0.3) is 0 Å². The van der Waals surface area contributed by atoms with E-state index in [0.29, 0.717) is 0 Å². The van der Waals surface area contributed by atoms with E-state index in [1.165, 1.54) is 4.88 Å². The maximum Gasteiger partial charge on any atom is 0.191 e. The first kappa shape index (κ1) is 21.1. The Kier molecular flexibility index (Phi) is 11.5. The second-order valence-electron chi connectivity index (χ2n) is 5.14. The largest absolute Gasteiger partial charge is 0.379 e. The molecule has 23 heavy (non-hydrogen) atoms. The van der Waals surface area contributed by atoms with Gasteiger partial charge in [-0.15, -0.1) is 35.3 Å². The first-order chi connectivity index (χ1) is 10.8. The fourth-order valence-corrected chi connectivity index (χ4v) is 3.68. The number of hydrogen-bond donors (Lipinski definition) is 2. The van der Waals surface area contributed by atoms with Crippen molar-refractivity contribution in [2.24, 2.45) is 4.99 Å². The van der Waals surface area contributed by atoms with Gasteiger partial charge in [-0.3, -0.25) is 4.90 Å². The summed E-state index contributed by atoms with van der Waals surface area (Å²) in [4.78, 5) is 8.35. The molecule has 1 saturated heterocycles. The molecule has 1 aliphatic rings. The third kappa shape index (κ3) is 8.67. The Hall–Kier alpha value is 0.1000. The van der Waals surface area contributed by atoms with Gasteiger partial charge in [0, 0.05) is 31.1 Å². The summed E-state index contributed by atoms with van der Waals surface area (Å²) in [5, 5.41) is 6.71. The van der Waals surface area contributed by atoms with Crippen molar-refractivity contribution in [3.05, 3.63) is 20.8 Å². The van der Waals surface area contributed by atoms with Gasteiger partial charge >= 0.3 is 0 Å². The Bertz CT molecular complexity index is 466. The summed E-state index contributed by atoms with van der Waals surface area (Å²) >= 11 is 5.21. The summed E-state index contributed by atoms with van der Waals surface area (Å²) in [5.41, 5.74) is 0. The average molecular weight is 517 g/mol. The molecule has 1 aromatic rings. The molecule has 2 heterocycles. The van der Waals surface area contributed by atoms with Crippen molar-refractivity contribution in [1.29, 1.82) is 0 Å².